The first-order chi connectivity index (χ1) is 12.6. The zero-order valence-corrected chi connectivity index (χ0v) is 15.6. The van der Waals surface area contributed by atoms with Gasteiger partial charge in [0.15, 0.2) is 0 Å². The van der Waals surface area contributed by atoms with Gasteiger partial charge in [-0.3, -0.25) is 14.4 Å². The number of ether oxygens (including phenoxy) is 2. The van der Waals surface area contributed by atoms with Gasteiger partial charge in [-0.15, -0.1) is 0 Å². The Bertz CT molecular complexity index is 669. The van der Waals surface area contributed by atoms with Crippen molar-refractivity contribution in [3.63, 3.8) is 0 Å². The molecule has 4 N–H and O–H groups in total. The Morgan fingerprint density at radius 2 is 1.74 bits per heavy atom. The molecule has 0 spiro atoms. The van der Waals surface area contributed by atoms with Crippen molar-refractivity contribution in [2.24, 2.45) is 5.73 Å². The molecule has 9 heteroatoms. The van der Waals surface area contributed by atoms with Crippen LogP contribution >= 0.6 is 0 Å². The highest BCUT2D eigenvalue weighted by atomic mass is 16.6. The van der Waals surface area contributed by atoms with Gasteiger partial charge < -0.3 is 25.8 Å². The highest BCUT2D eigenvalue weighted by molar-refractivity contribution is 5.92. The molecule has 0 radical (unpaired) electrons. The number of carbonyl (C=O) groups is 4. The molecule has 148 valence electrons. The minimum atomic E-state index is -1.27. The number of rotatable bonds is 8. The summed E-state index contributed by atoms with van der Waals surface area (Å²) < 4.78 is 10.1. The number of carbonyl (C=O) groups excluding carboxylic acids is 4. The van der Waals surface area contributed by atoms with Crippen molar-refractivity contribution in [3.05, 3.63) is 35.9 Å². The summed E-state index contributed by atoms with van der Waals surface area (Å²) >= 11 is 0. The Hall–Kier alpha value is -3.10. The Balaban J connectivity index is 2.55. The summed E-state index contributed by atoms with van der Waals surface area (Å²) in [5.74, 6) is -2.20. The van der Waals surface area contributed by atoms with Crippen LogP contribution in [0, 0.1) is 0 Å². The number of alkyl carbamates (subject to hydrolysis) is 1. The number of amides is 3. The smallest absolute Gasteiger partial charge is 0.408 e. The SMILES string of the molecule is CC(C)(C)OC(=O)CNC(=O)[C@H](CC(N)=O)NC(=O)OCc1ccccc1. The van der Waals surface area contributed by atoms with Crippen LogP contribution in [0.5, 0.6) is 0 Å². The zero-order chi connectivity index (χ0) is 20.4. The molecule has 0 aliphatic rings. The molecule has 0 aliphatic heterocycles. The van der Waals surface area contributed by atoms with Crippen LogP contribution < -0.4 is 16.4 Å². The Morgan fingerprint density at radius 1 is 1.11 bits per heavy atom. The Morgan fingerprint density at radius 3 is 2.30 bits per heavy atom. The van der Waals surface area contributed by atoms with Crippen molar-refractivity contribution in [3.8, 4) is 0 Å². The predicted molar refractivity (Wildman–Crippen MR) is 96.2 cm³/mol. The zero-order valence-electron chi connectivity index (χ0n) is 15.6. The number of nitrogens with one attached hydrogen (secondary N) is 2. The van der Waals surface area contributed by atoms with Gasteiger partial charge in [-0.2, -0.15) is 0 Å². The van der Waals surface area contributed by atoms with Crippen LogP contribution in [-0.4, -0.2) is 42.1 Å². The van der Waals surface area contributed by atoms with E-state index < -0.39 is 48.5 Å². The van der Waals surface area contributed by atoms with Gasteiger partial charge in [0, 0.05) is 0 Å². The molecule has 0 aliphatic carbocycles. The Labute approximate surface area is 157 Å². The lowest BCUT2D eigenvalue weighted by molar-refractivity contribution is -0.154. The number of benzene rings is 1. The highest BCUT2D eigenvalue weighted by Crippen LogP contribution is 2.06. The highest BCUT2D eigenvalue weighted by Gasteiger charge is 2.25. The standard InChI is InChI=1S/C18H25N3O6/c1-18(2,3)27-15(23)10-20-16(24)13(9-14(19)22)21-17(25)26-11-12-7-5-4-6-8-12/h4-8,13H,9-11H2,1-3H3,(H2,19,22)(H,20,24)(H,21,25)/t13-/m0/s1. The average molecular weight is 379 g/mol. The van der Waals surface area contributed by atoms with E-state index in [-0.39, 0.29) is 6.61 Å². The van der Waals surface area contributed by atoms with E-state index in [0.717, 1.165) is 5.56 Å². The maximum atomic E-state index is 12.2. The third-order valence-electron chi connectivity index (χ3n) is 3.05. The maximum absolute atomic E-state index is 12.2. The molecule has 0 saturated carbocycles. The summed E-state index contributed by atoms with van der Waals surface area (Å²) in [5.41, 5.74) is 5.17. The largest absolute Gasteiger partial charge is 0.459 e. The molecule has 27 heavy (non-hydrogen) atoms. The van der Waals surface area contributed by atoms with Crippen LogP contribution in [0.1, 0.15) is 32.8 Å². The molecule has 1 rings (SSSR count). The molecule has 1 aromatic carbocycles. The first kappa shape index (κ1) is 21.9. The van der Waals surface area contributed by atoms with E-state index in [2.05, 4.69) is 10.6 Å². The lowest BCUT2D eigenvalue weighted by Crippen LogP contribution is -2.50. The van der Waals surface area contributed by atoms with E-state index in [1.807, 2.05) is 6.07 Å². The fraction of sp³-hybridized carbons (Fsp3) is 0.444. The van der Waals surface area contributed by atoms with E-state index in [9.17, 15) is 19.2 Å². The first-order valence-corrected chi connectivity index (χ1v) is 8.32. The predicted octanol–water partition coefficient (Wildman–Crippen LogP) is 0.615. The number of nitrogens with two attached hydrogens (primary N) is 1. The molecule has 1 atom stereocenters. The van der Waals surface area contributed by atoms with E-state index >= 15 is 0 Å². The molecular formula is C18H25N3O6. The summed E-state index contributed by atoms with van der Waals surface area (Å²) in [6.07, 6.45) is -1.34. The second kappa shape index (κ2) is 10.1. The summed E-state index contributed by atoms with van der Waals surface area (Å²) in [6, 6.07) is 7.66. The van der Waals surface area contributed by atoms with E-state index in [0.29, 0.717) is 0 Å². The van der Waals surface area contributed by atoms with Gasteiger partial charge in [-0.25, -0.2) is 4.79 Å². The molecule has 0 saturated heterocycles. The first-order valence-electron chi connectivity index (χ1n) is 8.32. The van der Waals surface area contributed by atoms with Crippen LogP contribution in [0.15, 0.2) is 30.3 Å². The normalized spacial score (nSPS) is 11.8. The average Bonchev–Trinajstić information content (AvgIpc) is 2.56. The molecule has 0 unspecified atom stereocenters. The fourth-order valence-corrected chi connectivity index (χ4v) is 1.98. The van der Waals surface area contributed by atoms with Crippen molar-refractivity contribution in [2.75, 3.05) is 6.54 Å². The second-order valence-corrected chi connectivity index (χ2v) is 6.73. The van der Waals surface area contributed by atoms with Gasteiger partial charge >= 0.3 is 12.1 Å². The fourth-order valence-electron chi connectivity index (χ4n) is 1.98. The van der Waals surface area contributed by atoms with Crippen LogP contribution in [0.4, 0.5) is 4.79 Å². The van der Waals surface area contributed by atoms with Crippen LogP contribution in [0.25, 0.3) is 0 Å². The summed E-state index contributed by atoms with van der Waals surface area (Å²) in [4.78, 5) is 46.9. The van der Waals surface area contributed by atoms with Crippen molar-refractivity contribution >= 4 is 23.9 Å². The number of esters is 1. The molecule has 0 fully saturated rings. The molecule has 0 bridgehead atoms. The van der Waals surface area contributed by atoms with Gasteiger partial charge in [0.2, 0.25) is 11.8 Å². The molecule has 0 heterocycles. The number of primary amides is 1. The van der Waals surface area contributed by atoms with Gasteiger partial charge in [0.1, 0.15) is 24.8 Å². The van der Waals surface area contributed by atoms with Crippen LogP contribution in [0.3, 0.4) is 0 Å². The summed E-state index contributed by atoms with van der Waals surface area (Å²) in [6.45, 7) is 4.65. The van der Waals surface area contributed by atoms with E-state index in [4.69, 9.17) is 15.2 Å². The molecular weight excluding hydrogens is 354 g/mol. The second-order valence-electron chi connectivity index (χ2n) is 6.73. The van der Waals surface area contributed by atoms with Gasteiger partial charge in [0.05, 0.1) is 6.42 Å². The van der Waals surface area contributed by atoms with Gasteiger partial charge in [-0.05, 0) is 26.3 Å². The minimum Gasteiger partial charge on any atom is -0.459 e. The maximum Gasteiger partial charge on any atom is 0.408 e. The van der Waals surface area contributed by atoms with E-state index in [1.54, 1.807) is 45.0 Å². The quantitative estimate of drug-likeness (QED) is 0.566. The lowest BCUT2D eigenvalue weighted by atomic mass is 10.2. The van der Waals surface area contributed by atoms with Crippen molar-refractivity contribution in [2.45, 2.75) is 45.4 Å². The van der Waals surface area contributed by atoms with Crippen molar-refractivity contribution in [1.82, 2.24) is 10.6 Å². The van der Waals surface area contributed by atoms with Gasteiger partial charge in [0.25, 0.3) is 0 Å². The topological polar surface area (TPSA) is 137 Å². The van der Waals surface area contributed by atoms with Crippen LogP contribution in [-0.2, 0) is 30.5 Å². The molecule has 3 amide bonds. The minimum absolute atomic E-state index is 0.00447. The third-order valence-corrected chi connectivity index (χ3v) is 3.05. The Kier molecular flexibility index (Phi) is 8.25. The molecule has 1 aromatic rings. The summed E-state index contributed by atoms with van der Waals surface area (Å²) in [7, 11) is 0. The number of hydrogen-bond donors (Lipinski definition) is 3. The van der Waals surface area contributed by atoms with Crippen molar-refractivity contribution in [1.29, 1.82) is 0 Å². The third kappa shape index (κ3) is 9.83. The number of hydrogen-bond acceptors (Lipinski definition) is 6. The van der Waals surface area contributed by atoms with E-state index in [1.165, 1.54) is 0 Å². The molecule has 0 aromatic heterocycles. The lowest BCUT2D eigenvalue weighted by Gasteiger charge is -2.20. The molecule has 9 nitrogen and oxygen atoms in total. The van der Waals surface area contributed by atoms with Gasteiger partial charge in [-0.1, -0.05) is 30.3 Å². The monoisotopic (exact) mass is 379 g/mol. The van der Waals surface area contributed by atoms with Crippen LogP contribution in [0.2, 0.25) is 0 Å². The summed E-state index contributed by atoms with van der Waals surface area (Å²) in [5, 5.41) is 4.56. The van der Waals surface area contributed by atoms with Crippen molar-refractivity contribution < 1.29 is 28.7 Å².